The van der Waals surface area contributed by atoms with Gasteiger partial charge < -0.3 is 20.9 Å². The molecule has 1 saturated heterocycles. The van der Waals surface area contributed by atoms with E-state index in [1.807, 2.05) is 31.2 Å². The van der Waals surface area contributed by atoms with Gasteiger partial charge in [-0.2, -0.15) is 0 Å². The van der Waals surface area contributed by atoms with Gasteiger partial charge in [-0.1, -0.05) is 24.3 Å². The summed E-state index contributed by atoms with van der Waals surface area (Å²) < 4.78 is 5.34. The van der Waals surface area contributed by atoms with Crippen LogP contribution in [-0.2, 0) is 22.5 Å². The van der Waals surface area contributed by atoms with Crippen LogP contribution in [0, 0.1) is 0 Å². The molecular formula is C15H22N2O3. The molecule has 2 unspecified atom stereocenters. The fourth-order valence-electron chi connectivity index (χ4n) is 2.42. The van der Waals surface area contributed by atoms with Crippen molar-refractivity contribution in [2.75, 3.05) is 13.2 Å². The summed E-state index contributed by atoms with van der Waals surface area (Å²) in [7, 11) is 0. The molecule has 2 rings (SSSR count). The second-order valence-corrected chi connectivity index (χ2v) is 5.29. The lowest BCUT2D eigenvalue weighted by Crippen LogP contribution is -2.47. The Balaban J connectivity index is 1.90. The van der Waals surface area contributed by atoms with Gasteiger partial charge in [0.15, 0.2) is 0 Å². The maximum atomic E-state index is 12.0. The van der Waals surface area contributed by atoms with E-state index in [0.29, 0.717) is 19.6 Å². The average molecular weight is 278 g/mol. The second kappa shape index (κ2) is 6.35. The van der Waals surface area contributed by atoms with Gasteiger partial charge in [0.25, 0.3) is 0 Å². The lowest BCUT2D eigenvalue weighted by atomic mass is 9.96. The van der Waals surface area contributed by atoms with E-state index in [4.69, 9.17) is 10.5 Å². The van der Waals surface area contributed by atoms with Crippen LogP contribution in [-0.4, -0.2) is 35.9 Å². The van der Waals surface area contributed by atoms with Crippen LogP contribution in [0.5, 0.6) is 0 Å². The van der Waals surface area contributed by atoms with Gasteiger partial charge in [-0.25, -0.2) is 0 Å². The van der Waals surface area contributed by atoms with E-state index in [9.17, 15) is 9.90 Å². The van der Waals surface area contributed by atoms with Gasteiger partial charge in [-0.05, 0) is 18.1 Å². The highest BCUT2D eigenvalue weighted by Gasteiger charge is 2.39. The molecule has 1 aromatic rings. The Labute approximate surface area is 119 Å². The van der Waals surface area contributed by atoms with E-state index in [2.05, 4.69) is 5.32 Å². The molecule has 5 heteroatoms. The van der Waals surface area contributed by atoms with E-state index in [0.717, 1.165) is 11.1 Å². The van der Waals surface area contributed by atoms with Crippen LogP contribution in [0.4, 0.5) is 0 Å². The molecule has 5 nitrogen and oxygen atoms in total. The van der Waals surface area contributed by atoms with Gasteiger partial charge in [-0.3, -0.25) is 4.79 Å². The zero-order chi connectivity index (χ0) is 14.6. The van der Waals surface area contributed by atoms with Gasteiger partial charge in [0.1, 0.15) is 5.60 Å². The molecule has 20 heavy (non-hydrogen) atoms. The van der Waals surface area contributed by atoms with Gasteiger partial charge >= 0.3 is 0 Å². The van der Waals surface area contributed by atoms with Crippen molar-refractivity contribution in [3.8, 4) is 0 Å². The molecule has 1 aromatic carbocycles. The number of ether oxygens (including phenoxy) is 1. The van der Waals surface area contributed by atoms with Crippen molar-refractivity contribution in [1.82, 2.24) is 5.32 Å². The van der Waals surface area contributed by atoms with Crippen LogP contribution >= 0.6 is 0 Å². The summed E-state index contributed by atoms with van der Waals surface area (Å²) in [4.78, 5) is 12.0. The third-order valence-corrected chi connectivity index (χ3v) is 3.94. The summed E-state index contributed by atoms with van der Waals surface area (Å²) >= 11 is 0. The largest absolute Gasteiger partial charge is 0.385 e. The minimum Gasteiger partial charge on any atom is -0.385 e. The van der Waals surface area contributed by atoms with Crippen molar-refractivity contribution in [2.45, 2.75) is 38.0 Å². The molecule has 0 saturated carbocycles. The van der Waals surface area contributed by atoms with E-state index < -0.39 is 5.60 Å². The Morgan fingerprint density at radius 1 is 1.50 bits per heavy atom. The highest BCUT2D eigenvalue weighted by atomic mass is 16.5. The summed E-state index contributed by atoms with van der Waals surface area (Å²) in [6, 6.07) is 7.62. The van der Waals surface area contributed by atoms with E-state index >= 15 is 0 Å². The van der Waals surface area contributed by atoms with Gasteiger partial charge in [0.2, 0.25) is 5.91 Å². The molecule has 0 bridgehead atoms. The number of aliphatic hydroxyl groups is 1. The topological polar surface area (TPSA) is 84.6 Å². The number of carbonyl (C=O) groups excluding carboxylic acids is 1. The monoisotopic (exact) mass is 278 g/mol. The average Bonchev–Trinajstić information content (AvgIpc) is 2.78. The molecule has 0 aromatic heterocycles. The summed E-state index contributed by atoms with van der Waals surface area (Å²) in [6.07, 6.45) is 0.575. The first-order valence-corrected chi connectivity index (χ1v) is 6.93. The molecule has 4 N–H and O–H groups in total. The molecule has 1 fully saturated rings. The van der Waals surface area contributed by atoms with Crippen molar-refractivity contribution in [3.63, 3.8) is 0 Å². The number of nitrogens with two attached hydrogens (primary N) is 1. The normalized spacial score (nSPS) is 25.6. The first-order chi connectivity index (χ1) is 9.55. The molecule has 0 aliphatic carbocycles. The molecule has 1 heterocycles. The molecular weight excluding hydrogens is 256 g/mol. The highest BCUT2D eigenvalue weighted by molar-refractivity contribution is 5.79. The van der Waals surface area contributed by atoms with Crippen LogP contribution in [0.3, 0.4) is 0 Å². The lowest BCUT2D eigenvalue weighted by molar-refractivity contribution is -0.122. The maximum absolute atomic E-state index is 12.0. The summed E-state index contributed by atoms with van der Waals surface area (Å²) in [5.74, 6) is -0.113. The van der Waals surface area contributed by atoms with Gasteiger partial charge in [0.05, 0.1) is 12.5 Å². The Morgan fingerprint density at radius 3 is 2.80 bits per heavy atom. The Kier molecular flexibility index (Phi) is 4.75. The summed E-state index contributed by atoms with van der Waals surface area (Å²) in [5, 5.41) is 13.1. The molecule has 1 aliphatic heterocycles. The number of benzene rings is 1. The predicted molar refractivity (Wildman–Crippen MR) is 76.0 cm³/mol. The Morgan fingerprint density at radius 2 is 2.20 bits per heavy atom. The minimum absolute atomic E-state index is 0.113. The molecule has 0 spiro atoms. The molecule has 1 amide bonds. The number of hydrogen-bond donors (Lipinski definition) is 3. The van der Waals surface area contributed by atoms with Crippen molar-refractivity contribution in [3.05, 3.63) is 35.4 Å². The summed E-state index contributed by atoms with van der Waals surface area (Å²) in [5.41, 5.74) is 6.59. The zero-order valence-electron chi connectivity index (χ0n) is 11.8. The Bertz CT molecular complexity index is 478. The molecule has 110 valence electrons. The molecule has 2 atom stereocenters. The minimum atomic E-state index is -0.955. The zero-order valence-corrected chi connectivity index (χ0v) is 11.8. The number of rotatable bonds is 5. The van der Waals surface area contributed by atoms with Gasteiger partial charge in [-0.15, -0.1) is 0 Å². The van der Waals surface area contributed by atoms with E-state index in [1.165, 1.54) is 0 Å². The second-order valence-electron chi connectivity index (χ2n) is 5.29. The smallest absolute Gasteiger partial charge is 0.224 e. The highest BCUT2D eigenvalue weighted by Crippen LogP contribution is 2.24. The third kappa shape index (κ3) is 3.36. The van der Waals surface area contributed by atoms with E-state index in [1.54, 1.807) is 0 Å². The molecule has 1 aliphatic rings. The van der Waals surface area contributed by atoms with Crippen LogP contribution in [0.2, 0.25) is 0 Å². The van der Waals surface area contributed by atoms with Gasteiger partial charge in [0, 0.05) is 26.1 Å². The maximum Gasteiger partial charge on any atom is 0.224 e. The number of hydrogen-bond acceptors (Lipinski definition) is 4. The van der Waals surface area contributed by atoms with Crippen LogP contribution in [0.15, 0.2) is 24.3 Å². The Hall–Kier alpha value is -1.43. The van der Waals surface area contributed by atoms with Crippen molar-refractivity contribution >= 4 is 5.91 Å². The number of nitrogens with one attached hydrogen (secondary N) is 1. The fraction of sp³-hybridized carbons (Fsp3) is 0.533. The number of carbonyl (C=O) groups is 1. The number of amides is 1. The first-order valence-electron chi connectivity index (χ1n) is 6.93. The predicted octanol–water partition coefficient (Wildman–Crippen LogP) is 0.344. The molecule has 0 radical (unpaired) electrons. The van der Waals surface area contributed by atoms with E-state index in [-0.39, 0.29) is 25.0 Å². The summed E-state index contributed by atoms with van der Waals surface area (Å²) in [6.45, 7) is 2.99. The van der Waals surface area contributed by atoms with Crippen molar-refractivity contribution < 1.29 is 14.6 Å². The SMILES string of the molecule is CC1OCCC1(O)CNC(=O)Cc1ccccc1CN. The van der Waals surface area contributed by atoms with Crippen molar-refractivity contribution in [2.24, 2.45) is 5.73 Å². The van der Waals surface area contributed by atoms with Crippen molar-refractivity contribution in [1.29, 1.82) is 0 Å². The quantitative estimate of drug-likeness (QED) is 0.725. The lowest BCUT2D eigenvalue weighted by Gasteiger charge is -2.26. The van der Waals surface area contributed by atoms with Crippen LogP contribution < -0.4 is 11.1 Å². The third-order valence-electron chi connectivity index (χ3n) is 3.94. The van der Waals surface area contributed by atoms with Crippen LogP contribution in [0.1, 0.15) is 24.5 Å². The fourth-order valence-corrected chi connectivity index (χ4v) is 2.42. The standard InChI is InChI=1S/C15H22N2O3/c1-11-15(19,6-7-20-11)10-17-14(18)8-12-4-2-3-5-13(12)9-16/h2-5,11,19H,6-10,16H2,1H3,(H,17,18). The first kappa shape index (κ1) is 15.0. The van der Waals surface area contributed by atoms with Crippen LogP contribution in [0.25, 0.3) is 0 Å².